The zero-order valence-corrected chi connectivity index (χ0v) is 13.4. The summed E-state index contributed by atoms with van der Waals surface area (Å²) in [5.41, 5.74) is 5.82. The van der Waals surface area contributed by atoms with Crippen LogP contribution in [-0.4, -0.2) is 9.97 Å². The molecule has 2 heterocycles. The maximum absolute atomic E-state index is 5.97. The van der Waals surface area contributed by atoms with Gasteiger partial charge in [-0.1, -0.05) is 29.8 Å². The lowest BCUT2D eigenvalue weighted by Crippen LogP contribution is -2.19. The largest absolute Gasteiger partial charge is 0.450 e. The van der Waals surface area contributed by atoms with E-state index in [9.17, 15) is 0 Å². The maximum atomic E-state index is 5.97. The lowest BCUT2D eigenvalue weighted by Gasteiger charge is -2.33. The fraction of sp³-hybridized carbons (Fsp3) is 0.158. The molecule has 0 saturated heterocycles. The zero-order chi connectivity index (χ0) is 16.0. The van der Waals surface area contributed by atoms with E-state index in [2.05, 4.69) is 53.8 Å². The molecule has 0 saturated carbocycles. The lowest BCUT2D eigenvalue weighted by molar-refractivity contribution is 0.471. The molecule has 0 atom stereocenters. The molecule has 4 nitrogen and oxygen atoms in total. The van der Waals surface area contributed by atoms with Crippen molar-refractivity contribution in [1.82, 2.24) is 9.97 Å². The van der Waals surface area contributed by atoms with Gasteiger partial charge in [0.1, 0.15) is 6.33 Å². The van der Waals surface area contributed by atoms with Gasteiger partial charge in [0.05, 0.1) is 17.6 Å². The fourth-order valence-corrected chi connectivity index (χ4v) is 3.26. The van der Waals surface area contributed by atoms with E-state index in [1.807, 2.05) is 18.2 Å². The molecule has 0 N–H and O–H groups in total. The van der Waals surface area contributed by atoms with Crippen LogP contribution < -0.4 is 9.64 Å². The van der Waals surface area contributed by atoms with Crippen LogP contribution in [0.3, 0.4) is 0 Å². The molecule has 23 heavy (non-hydrogen) atoms. The van der Waals surface area contributed by atoms with E-state index in [4.69, 9.17) is 4.74 Å². The molecule has 1 aliphatic rings. The number of hydrogen-bond donors (Lipinski definition) is 0. The monoisotopic (exact) mass is 303 g/mol. The number of hydrogen-bond acceptors (Lipinski definition) is 4. The Kier molecular flexibility index (Phi) is 3.05. The highest BCUT2D eigenvalue weighted by Gasteiger charge is 2.28. The molecular weight excluding hydrogens is 286 g/mol. The van der Waals surface area contributed by atoms with Crippen molar-refractivity contribution in [2.75, 3.05) is 4.90 Å². The molecule has 3 aromatic rings. The predicted octanol–water partition coefficient (Wildman–Crippen LogP) is 4.98. The van der Waals surface area contributed by atoms with E-state index in [1.54, 1.807) is 12.5 Å². The van der Waals surface area contributed by atoms with E-state index < -0.39 is 0 Å². The van der Waals surface area contributed by atoms with Crippen LogP contribution in [-0.2, 0) is 0 Å². The third-order valence-electron chi connectivity index (χ3n) is 4.06. The molecule has 0 radical (unpaired) electrons. The number of para-hydroxylation sites is 2. The Bertz CT molecular complexity index is 836. The first-order valence-electron chi connectivity index (χ1n) is 7.60. The molecule has 4 rings (SSSR count). The number of fused-ring (bicyclic) bond motifs is 2. The van der Waals surface area contributed by atoms with E-state index >= 15 is 0 Å². The van der Waals surface area contributed by atoms with Crippen molar-refractivity contribution in [3.8, 4) is 11.5 Å². The predicted molar refractivity (Wildman–Crippen MR) is 91.0 cm³/mol. The second kappa shape index (κ2) is 5.09. The minimum Gasteiger partial charge on any atom is -0.450 e. The van der Waals surface area contributed by atoms with Gasteiger partial charge < -0.3 is 4.74 Å². The summed E-state index contributed by atoms with van der Waals surface area (Å²) in [6, 6.07) is 12.4. The van der Waals surface area contributed by atoms with E-state index in [0.717, 1.165) is 22.9 Å². The summed E-state index contributed by atoms with van der Waals surface area (Å²) < 4.78 is 5.97. The minimum atomic E-state index is 0.672. The van der Waals surface area contributed by atoms with Crippen molar-refractivity contribution < 1.29 is 4.74 Å². The van der Waals surface area contributed by atoms with Crippen LogP contribution in [0, 0.1) is 20.8 Å². The molecule has 0 aliphatic carbocycles. The second-order valence-corrected chi connectivity index (χ2v) is 5.86. The number of rotatable bonds is 1. The number of aryl methyl sites for hydroxylation is 3. The molecule has 0 bridgehead atoms. The number of aromatic nitrogens is 2. The summed E-state index contributed by atoms with van der Waals surface area (Å²) in [5.74, 6) is 2.26. The summed E-state index contributed by atoms with van der Waals surface area (Å²) in [4.78, 5) is 10.7. The molecule has 0 unspecified atom stereocenters. The molecule has 0 fully saturated rings. The highest BCUT2D eigenvalue weighted by atomic mass is 16.5. The molecule has 2 aromatic carbocycles. The van der Waals surface area contributed by atoms with Crippen LogP contribution in [0.5, 0.6) is 11.5 Å². The zero-order valence-electron chi connectivity index (χ0n) is 13.4. The van der Waals surface area contributed by atoms with Crippen molar-refractivity contribution in [1.29, 1.82) is 0 Å². The Hall–Kier alpha value is -2.88. The van der Waals surface area contributed by atoms with E-state index in [-0.39, 0.29) is 0 Å². The summed E-state index contributed by atoms with van der Waals surface area (Å²) in [6.45, 7) is 6.38. The Morgan fingerprint density at radius 3 is 2.48 bits per heavy atom. The van der Waals surface area contributed by atoms with Gasteiger partial charge in [0, 0.05) is 0 Å². The molecule has 1 aromatic heterocycles. The van der Waals surface area contributed by atoms with Gasteiger partial charge in [-0.2, -0.15) is 0 Å². The van der Waals surface area contributed by atoms with Crippen LogP contribution in [0.4, 0.5) is 17.2 Å². The maximum Gasteiger partial charge on any atom is 0.188 e. The van der Waals surface area contributed by atoms with Crippen molar-refractivity contribution >= 4 is 17.2 Å². The third kappa shape index (κ3) is 2.14. The van der Waals surface area contributed by atoms with Crippen LogP contribution >= 0.6 is 0 Å². The Morgan fingerprint density at radius 2 is 1.70 bits per heavy atom. The molecular formula is C19H17N3O. The third-order valence-corrected chi connectivity index (χ3v) is 4.06. The first-order chi connectivity index (χ1) is 11.1. The lowest BCUT2D eigenvalue weighted by atomic mass is 10.0. The van der Waals surface area contributed by atoms with Gasteiger partial charge in [0.25, 0.3) is 0 Å². The normalized spacial score (nSPS) is 12.4. The molecule has 0 spiro atoms. The number of benzene rings is 2. The van der Waals surface area contributed by atoms with Crippen LogP contribution in [0.25, 0.3) is 0 Å². The molecule has 1 aliphatic heterocycles. The second-order valence-electron chi connectivity index (χ2n) is 5.86. The van der Waals surface area contributed by atoms with Gasteiger partial charge in [-0.3, -0.25) is 4.90 Å². The number of ether oxygens (including phenoxy) is 1. The minimum absolute atomic E-state index is 0.672. The van der Waals surface area contributed by atoms with Crippen LogP contribution in [0.1, 0.15) is 16.7 Å². The first kappa shape index (κ1) is 13.8. The van der Waals surface area contributed by atoms with Crippen molar-refractivity contribution in [2.24, 2.45) is 0 Å². The summed E-state index contributed by atoms with van der Waals surface area (Å²) in [5, 5.41) is 0. The highest BCUT2D eigenvalue weighted by molar-refractivity contribution is 5.86. The Balaban J connectivity index is 2.02. The Labute approximate surface area is 135 Å². The molecule has 4 heteroatoms. The van der Waals surface area contributed by atoms with Crippen molar-refractivity contribution in [3.63, 3.8) is 0 Å². The average Bonchev–Trinajstić information content (AvgIpc) is 2.53. The topological polar surface area (TPSA) is 38.2 Å². The van der Waals surface area contributed by atoms with Crippen molar-refractivity contribution in [2.45, 2.75) is 20.8 Å². The van der Waals surface area contributed by atoms with Gasteiger partial charge in [0.15, 0.2) is 17.3 Å². The molecule has 114 valence electrons. The van der Waals surface area contributed by atoms with Gasteiger partial charge in [-0.15, -0.1) is 0 Å². The molecule has 0 amide bonds. The van der Waals surface area contributed by atoms with Crippen LogP contribution in [0.15, 0.2) is 48.9 Å². The SMILES string of the molecule is Cc1cc(C)c(N2c3ccccc3Oc3cncnc32)c(C)c1. The highest BCUT2D eigenvalue weighted by Crippen LogP contribution is 2.50. The summed E-state index contributed by atoms with van der Waals surface area (Å²) >= 11 is 0. The standard InChI is InChI=1S/C19H17N3O/c1-12-8-13(2)18(14(3)9-12)22-15-6-4-5-7-16(15)23-17-10-20-11-21-19(17)22/h4-11H,1-3H3. The quantitative estimate of drug-likeness (QED) is 0.497. The van der Waals surface area contributed by atoms with E-state index in [1.165, 1.54) is 16.7 Å². The van der Waals surface area contributed by atoms with Gasteiger partial charge in [-0.05, 0) is 44.0 Å². The summed E-state index contributed by atoms with van der Waals surface area (Å²) in [6.07, 6.45) is 3.27. The van der Waals surface area contributed by atoms with Gasteiger partial charge in [0.2, 0.25) is 0 Å². The van der Waals surface area contributed by atoms with Crippen molar-refractivity contribution in [3.05, 3.63) is 65.6 Å². The smallest absolute Gasteiger partial charge is 0.188 e. The first-order valence-corrected chi connectivity index (χ1v) is 7.60. The fourth-order valence-electron chi connectivity index (χ4n) is 3.26. The van der Waals surface area contributed by atoms with Gasteiger partial charge in [-0.25, -0.2) is 9.97 Å². The number of anilines is 3. The number of nitrogens with zero attached hydrogens (tertiary/aromatic N) is 3. The van der Waals surface area contributed by atoms with Gasteiger partial charge >= 0.3 is 0 Å². The average molecular weight is 303 g/mol. The summed E-state index contributed by atoms with van der Waals surface area (Å²) in [7, 11) is 0. The van der Waals surface area contributed by atoms with Crippen LogP contribution in [0.2, 0.25) is 0 Å². The van der Waals surface area contributed by atoms with E-state index in [0.29, 0.717) is 5.75 Å². The Morgan fingerprint density at radius 1 is 0.957 bits per heavy atom.